The number of unbranched alkanes of at least 4 members (excludes halogenated alkanes) is 61. The second-order valence-electron chi connectivity index (χ2n) is 43.0. The number of esters is 6. The number of hydrogen-bond donors (Lipinski definition) is 6. The van der Waals surface area contributed by atoms with Gasteiger partial charge in [0, 0.05) is 38.5 Å². The van der Waals surface area contributed by atoms with E-state index in [0.29, 0.717) is 38.5 Å². The van der Waals surface area contributed by atoms with Crippen LogP contribution in [-0.4, -0.2) is 156 Å². The zero-order valence-electron chi connectivity index (χ0n) is 91.5. The normalized spacial score (nSPS) is 13.9. The van der Waals surface area contributed by atoms with Crippen LogP contribution >= 0.6 is 0 Å². The van der Waals surface area contributed by atoms with Crippen LogP contribution < -0.4 is 0 Å². The van der Waals surface area contributed by atoms with Gasteiger partial charge in [0.15, 0.2) is 0 Å². The van der Waals surface area contributed by atoms with Crippen molar-refractivity contribution in [1.82, 2.24) is 0 Å². The van der Waals surface area contributed by atoms with Gasteiger partial charge in [-0.3, -0.25) is 28.8 Å². The standard InChI is InChI=1S/C119H228O19/c1-7-13-19-62-80-106(120)86-68-50-38-26-25-27-44-56-74-92-112(126)133-100-118(101-134-113(127)93-75-57-45-33-28-39-51-69-87-107(121)81-63-20-14-8-2,102-135-114(128)94-76-58-46-34-29-40-52-70-88-108(122)82-64-21-15-9-3)98-132-99-119(103-136-115(129)95-77-59-47-35-30-41-53-71-89-109(123)83-65-22-16-10-4,104-137-116(130)96-78-60-48-36-31-42-54-72-90-110(124)84-66-23-17-11-5)105-138-117(131)97-79-61-49-37-32-43-55-73-91-111(125)85-67-24-18-12-6/h106-111,120-125H,7-105H2,1-6H3. The molecule has 0 spiro atoms. The Morgan fingerprint density at radius 3 is 0.370 bits per heavy atom. The van der Waals surface area contributed by atoms with E-state index in [1.165, 1.54) is 116 Å². The smallest absolute Gasteiger partial charge is 0.305 e. The molecule has 19 heteroatoms. The topological polar surface area (TPSA) is 288 Å². The molecule has 0 heterocycles. The van der Waals surface area contributed by atoms with Crippen molar-refractivity contribution in [2.24, 2.45) is 10.8 Å². The highest BCUT2D eigenvalue weighted by Gasteiger charge is 2.41. The molecule has 0 saturated carbocycles. The molecule has 0 aromatic rings. The first-order valence-electron chi connectivity index (χ1n) is 59.9. The second kappa shape index (κ2) is 104. The first-order valence-corrected chi connectivity index (χ1v) is 59.9. The first-order chi connectivity index (χ1) is 67.3. The summed E-state index contributed by atoms with van der Waals surface area (Å²) in [4.78, 5) is 85.1. The summed E-state index contributed by atoms with van der Waals surface area (Å²) in [6.45, 7) is 10.6. The lowest BCUT2D eigenvalue weighted by atomic mass is 9.90. The van der Waals surface area contributed by atoms with E-state index in [4.69, 9.17) is 33.2 Å². The van der Waals surface area contributed by atoms with Gasteiger partial charge in [-0.15, -0.1) is 0 Å². The maximum Gasteiger partial charge on any atom is 0.305 e. The summed E-state index contributed by atoms with van der Waals surface area (Å²) in [5, 5.41) is 63.2. The molecule has 0 amide bonds. The first kappa shape index (κ1) is 135. The number of carbonyl (C=O) groups is 6. The van der Waals surface area contributed by atoms with Crippen molar-refractivity contribution in [2.45, 2.75) is 662 Å². The van der Waals surface area contributed by atoms with Crippen LogP contribution in [0.4, 0.5) is 0 Å². The maximum absolute atomic E-state index is 14.2. The number of aliphatic hydroxyl groups excluding tert-OH is 6. The van der Waals surface area contributed by atoms with E-state index >= 15 is 0 Å². The minimum Gasteiger partial charge on any atom is -0.465 e. The van der Waals surface area contributed by atoms with E-state index in [1.54, 1.807) is 0 Å². The predicted molar refractivity (Wildman–Crippen MR) is 572 cm³/mol. The molecule has 0 radical (unpaired) electrons. The monoisotopic (exact) mass is 1960 g/mol. The summed E-state index contributed by atoms with van der Waals surface area (Å²) in [6, 6.07) is 0. The molecule has 138 heavy (non-hydrogen) atoms. The van der Waals surface area contributed by atoms with E-state index < -0.39 is 46.6 Å². The van der Waals surface area contributed by atoms with Crippen molar-refractivity contribution in [1.29, 1.82) is 0 Å². The van der Waals surface area contributed by atoms with Crippen molar-refractivity contribution < 1.29 is 92.6 Å². The SMILES string of the molecule is CCCCCCC(O)CCCCCCCCCCCC(=O)OCC(COCC(COC(=O)CCCCCCCCCCC(O)CCCCCC)(COC(=O)CCCCCCCCCCC(O)CCCCCC)COC(=O)CCCCCCCCCCC(O)CCCCCC)(COC(=O)CCCCCCCCCCC(O)CCCCCC)COC(=O)CCCCCCCCCCC(O)CCCCCC. The summed E-state index contributed by atoms with van der Waals surface area (Å²) < 4.78 is 44.5. The minimum atomic E-state index is -1.46. The molecule has 6 atom stereocenters. The van der Waals surface area contributed by atoms with Crippen molar-refractivity contribution in [3.63, 3.8) is 0 Å². The third kappa shape index (κ3) is 94.8. The predicted octanol–water partition coefficient (Wildman–Crippen LogP) is 32.0. The summed E-state index contributed by atoms with van der Waals surface area (Å²) in [5.74, 6) is -2.70. The maximum atomic E-state index is 14.2. The van der Waals surface area contributed by atoms with Crippen LogP contribution in [0.25, 0.3) is 0 Å². The second-order valence-corrected chi connectivity index (χ2v) is 43.0. The lowest BCUT2D eigenvalue weighted by Crippen LogP contribution is -2.47. The van der Waals surface area contributed by atoms with E-state index in [-0.39, 0.29) is 128 Å². The van der Waals surface area contributed by atoms with E-state index in [1.807, 2.05) is 0 Å². The lowest BCUT2D eigenvalue weighted by Gasteiger charge is -2.35. The van der Waals surface area contributed by atoms with Crippen LogP contribution in [0.5, 0.6) is 0 Å². The van der Waals surface area contributed by atoms with Gasteiger partial charge >= 0.3 is 35.8 Å². The largest absolute Gasteiger partial charge is 0.465 e. The van der Waals surface area contributed by atoms with E-state index in [9.17, 15) is 59.4 Å². The zero-order chi connectivity index (χ0) is 101. The summed E-state index contributed by atoms with van der Waals surface area (Å²) in [5.41, 5.74) is -2.91. The molecule has 0 aromatic carbocycles. The molecule has 0 bridgehead atoms. The molecular formula is C119H228O19. The number of rotatable bonds is 113. The zero-order valence-corrected chi connectivity index (χ0v) is 91.5. The minimum absolute atomic E-state index is 0.146. The fourth-order valence-electron chi connectivity index (χ4n) is 19.0. The van der Waals surface area contributed by atoms with Gasteiger partial charge in [0.1, 0.15) is 39.6 Å². The Kier molecular flexibility index (Phi) is 101. The fourth-order valence-corrected chi connectivity index (χ4v) is 19.0. The Bertz CT molecular complexity index is 2420. The molecule has 0 aromatic heterocycles. The Labute approximate surface area is 849 Å². The highest BCUT2D eigenvalue weighted by molar-refractivity contribution is 5.71. The van der Waals surface area contributed by atoms with Gasteiger partial charge < -0.3 is 63.8 Å². The molecule has 6 N–H and O–H groups in total. The molecule has 0 fully saturated rings. The Morgan fingerprint density at radius 1 is 0.152 bits per heavy atom. The molecule has 0 rings (SSSR count). The van der Waals surface area contributed by atoms with Crippen molar-refractivity contribution in [2.75, 3.05) is 52.9 Å². The van der Waals surface area contributed by atoms with E-state index in [2.05, 4.69) is 41.5 Å². The molecule has 6 unspecified atom stereocenters. The lowest BCUT2D eigenvalue weighted by molar-refractivity contribution is -0.175. The third-order valence-electron chi connectivity index (χ3n) is 28.7. The number of aliphatic hydroxyl groups is 6. The third-order valence-corrected chi connectivity index (χ3v) is 28.7. The molecular weight excluding hydrogens is 1730 g/mol. The molecule has 0 aliphatic carbocycles. The van der Waals surface area contributed by atoms with E-state index in [0.717, 1.165) is 392 Å². The number of carbonyl (C=O) groups excluding carboxylic acids is 6. The van der Waals surface area contributed by atoms with Crippen LogP contribution in [0.3, 0.4) is 0 Å². The van der Waals surface area contributed by atoms with Crippen LogP contribution in [0, 0.1) is 10.8 Å². The molecule has 818 valence electrons. The molecule has 19 nitrogen and oxygen atoms in total. The quantitative estimate of drug-likeness (QED) is 0.0187. The Balaban J connectivity index is 7.40. The molecule has 0 aliphatic heterocycles. The summed E-state index contributed by atoms with van der Waals surface area (Å²) >= 11 is 0. The van der Waals surface area contributed by atoms with Crippen LogP contribution in [0.1, 0.15) is 626 Å². The molecule has 0 saturated heterocycles. The Hall–Kier alpha value is -3.46. The van der Waals surface area contributed by atoms with Gasteiger partial charge in [-0.2, -0.15) is 0 Å². The van der Waals surface area contributed by atoms with Gasteiger partial charge in [-0.05, 0) is 116 Å². The highest BCUT2D eigenvalue weighted by Crippen LogP contribution is 2.31. The van der Waals surface area contributed by atoms with Gasteiger partial charge in [-0.1, -0.05) is 472 Å². The average Bonchev–Trinajstić information content (AvgIpc) is 0.835. The highest BCUT2D eigenvalue weighted by atomic mass is 16.6. The number of ether oxygens (including phenoxy) is 7. The fraction of sp³-hybridized carbons (Fsp3) is 0.950. The number of hydrogen-bond acceptors (Lipinski definition) is 19. The van der Waals surface area contributed by atoms with Gasteiger partial charge in [0.25, 0.3) is 0 Å². The Morgan fingerprint density at radius 2 is 0.254 bits per heavy atom. The van der Waals surface area contributed by atoms with Gasteiger partial charge in [0.05, 0.1) is 60.7 Å². The van der Waals surface area contributed by atoms with Crippen molar-refractivity contribution in [3.8, 4) is 0 Å². The van der Waals surface area contributed by atoms with Crippen molar-refractivity contribution >= 4 is 35.8 Å². The average molecular weight is 1960 g/mol. The van der Waals surface area contributed by atoms with Crippen molar-refractivity contribution in [3.05, 3.63) is 0 Å². The van der Waals surface area contributed by atoms with Crippen LogP contribution in [0.2, 0.25) is 0 Å². The summed E-state index contributed by atoms with van der Waals surface area (Å²) in [7, 11) is 0. The molecule has 0 aliphatic rings. The van der Waals surface area contributed by atoms with Crippen LogP contribution in [-0.2, 0) is 61.9 Å². The van der Waals surface area contributed by atoms with Gasteiger partial charge in [-0.25, -0.2) is 0 Å². The van der Waals surface area contributed by atoms with Crippen LogP contribution in [0.15, 0.2) is 0 Å². The summed E-state index contributed by atoms with van der Waals surface area (Å²) in [6.07, 6.45) is 85.7. The van der Waals surface area contributed by atoms with Gasteiger partial charge in [0.2, 0.25) is 0 Å².